The molecule has 3 N–H and O–H groups in total. The highest BCUT2D eigenvalue weighted by Gasteiger charge is 1.99. The van der Waals surface area contributed by atoms with Crippen molar-refractivity contribution in [2.24, 2.45) is 0 Å². The Hall–Kier alpha value is -2.47. The Balaban J connectivity index is 1.45. The largest absolute Gasteiger partial charge is 0.312 e. The topological polar surface area (TPSA) is 61.4 Å². The van der Waals surface area contributed by atoms with E-state index < -0.39 is 5.91 Å². The third-order valence-electron chi connectivity index (χ3n) is 3.96. The minimum absolute atomic E-state index is 0.536. The predicted octanol–water partition coefficient (Wildman–Crippen LogP) is 3.75. The number of nitrogens with one attached hydrogen (secondary N) is 2. The third-order valence-corrected chi connectivity index (χ3v) is 4.84. The number of amides is 1. The van der Waals surface area contributed by atoms with E-state index in [1.165, 1.54) is 27.3 Å². The van der Waals surface area contributed by atoms with Crippen LogP contribution in [0.3, 0.4) is 0 Å². The van der Waals surface area contributed by atoms with Gasteiger partial charge in [0, 0.05) is 17.3 Å². The van der Waals surface area contributed by atoms with Crippen molar-refractivity contribution in [1.82, 2.24) is 10.8 Å². The van der Waals surface area contributed by atoms with Crippen molar-refractivity contribution in [3.8, 4) is 0 Å². The number of hydrogen-bond donors (Lipinski definition) is 3. The Kier molecular flexibility index (Phi) is 5.95. The molecule has 2 aromatic carbocycles. The van der Waals surface area contributed by atoms with Crippen LogP contribution in [0.5, 0.6) is 0 Å². The van der Waals surface area contributed by atoms with Gasteiger partial charge >= 0.3 is 0 Å². The molecule has 3 rings (SSSR count). The molecule has 0 spiro atoms. The summed E-state index contributed by atoms with van der Waals surface area (Å²) in [5.74, 6) is -0.536. The van der Waals surface area contributed by atoms with Crippen molar-refractivity contribution < 1.29 is 10.0 Å². The molecule has 0 aliphatic heterocycles. The number of benzene rings is 2. The van der Waals surface area contributed by atoms with E-state index in [2.05, 4.69) is 35.0 Å². The van der Waals surface area contributed by atoms with E-state index in [-0.39, 0.29) is 0 Å². The second kappa shape index (κ2) is 8.58. The first-order valence-corrected chi connectivity index (χ1v) is 9.00. The van der Waals surface area contributed by atoms with Crippen molar-refractivity contribution in [3.63, 3.8) is 0 Å². The highest BCUT2D eigenvalue weighted by molar-refractivity contribution is 7.17. The van der Waals surface area contributed by atoms with Crippen LogP contribution >= 0.6 is 11.3 Å². The number of carbonyl (C=O) groups is 1. The Labute approximate surface area is 150 Å². The molecule has 0 unspecified atom stereocenters. The fourth-order valence-corrected chi connectivity index (χ4v) is 3.43. The van der Waals surface area contributed by atoms with Crippen LogP contribution in [0.4, 0.5) is 0 Å². The lowest BCUT2D eigenvalue weighted by atomic mass is 10.1. The minimum Gasteiger partial charge on any atom is -0.312 e. The highest BCUT2D eigenvalue weighted by atomic mass is 32.1. The molecule has 1 amide bonds. The molecule has 4 nitrogen and oxygen atoms in total. The van der Waals surface area contributed by atoms with Crippen LogP contribution in [0.15, 0.2) is 60.0 Å². The molecule has 25 heavy (non-hydrogen) atoms. The van der Waals surface area contributed by atoms with Crippen LogP contribution < -0.4 is 10.8 Å². The van der Waals surface area contributed by atoms with E-state index in [0.717, 1.165) is 25.1 Å². The van der Waals surface area contributed by atoms with Gasteiger partial charge in [0.25, 0.3) is 5.91 Å². The van der Waals surface area contributed by atoms with Gasteiger partial charge < -0.3 is 5.32 Å². The second-order valence-electron chi connectivity index (χ2n) is 5.77. The first-order chi connectivity index (χ1) is 12.2. The van der Waals surface area contributed by atoms with Gasteiger partial charge in [-0.3, -0.25) is 10.0 Å². The van der Waals surface area contributed by atoms with E-state index in [1.54, 1.807) is 22.9 Å². The predicted molar refractivity (Wildman–Crippen MR) is 103 cm³/mol. The van der Waals surface area contributed by atoms with Crippen molar-refractivity contribution in [2.45, 2.75) is 13.0 Å². The average Bonchev–Trinajstić information content (AvgIpc) is 3.12. The van der Waals surface area contributed by atoms with Crippen molar-refractivity contribution in [2.75, 3.05) is 6.54 Å². The molecule has 0 saturated carbocycles. The first kappa shape index (κ1) is 17.4. The summed E-state index contributed by atoms with van der Waals surface area (Å²) < 4.78 is 1.34. The number of hydroxylamine groups is 1. The van der Waals surface area contributed by atoms with Crippen LogP contribution in [0, 0.1) is 0 Å². The highest BCUT2D eigenvalue weighted by Crippen LogP contribution is 2.21. The summed E-state index contributed by atoms with van der Waals surface area (Å²) in [4.78, 5) is 10.9. The van der Waals surface area contributed by atoms with Gasteiger partial charge in [0.15, 0.2) is 0 Å². The fraction of sp³-hybridized carbons (Fsp3) is 0.150. The summed E-state index contributed by atoms with van der Waals surface area (Å²) in [6.07, 6.45) is 3.95. The summed E-state index contributed by atoms with van der Waals surface area (Å²) in [5.41, 5.74) is 5.03. The average molecular weight is 352 g/mol. The van der Waals surface area contributed by atoms with Gasteiger partial charge in [-0.25, -0.2) is 5.48 Å². The van der Waals surface area contributed by atoms with Gasteiger partial charge in [-0.15, -0.1) is 11.3 Å². The van der Waals surface area contributed by atoms with Crippen LogP contribution in [0.1, 0.15) is 16.7 Å². The van der Waals surface area contributed by atoms with Crippen LogP contribution in [-0.4, -0.2) is 17.7 Å². The molecule has 128 valence electrons. The van der Waals surface area contributed by atoms with Gasteiger partial charge in [-0.05, 0) is 58.6 Å². The maximum Gasteiger partial charge on any atom is 0.267 e. The van der Waals surface area contributed by atoms with Crippen molar-refractivity contribution in [3.05, 3.63) is 76.7 Å². The second-order valence-corrected chi connectivity index (χ2v) is 6.72. The van der Waals surface area contributed by atoms with E-state index in [9.17, 15) is 4.79 Å². The zero-order valence-corrected chi connectivity index (χ0v) is 14.6. The smallest absolute Gasteiger partial charge is 0.267 e. The van der Waals surface area contributed by atoms with Crippen LogP contribution in [-0.2, 0) is 17.8 Å². The standard InChI is InChI=1S/C20H20N2O2S/c23-20(22-24)8-6-15-1-3-17(4-2-15)14-21-11-9-16-5-7-18-10-12-25-19(18)13-16/h1-8,10,12-13,21,24H,9,11,14H2,(H,22,23)/b8-6+. The van der Waals surface area contributed by atoms with Crippen LogP contribution in [0.2, 0.25) is 0 Å². The molecular formula is C20H20N2O2S. The Bertz CT molecular complexity index is 869. The summed E-state index contributed by atoms with van der Waals surface area (Å²) >= 11 is 1.78. The van der Waals surface area contributed by atoms with E-state index in [0.29, 0.717) is 0 Å². The molecule has 1 heterocycles. The Morgan fingerprint density at radius 2 is 1.88 bits per heavy atom. The number of fused-ring (bicyclic) bond motifs is 1. The maximum absolute atomic E-state index is 10.9. The summed E-state index contributed by atoms with van der Waals surface area (Å²) in [6, 6.07) is 16.8. The SMILES string of the molecule is O=C(/C=C/c1ccc(CNCCc2ccc3ccsc3c2)cc1)NO. The molecule has 0 bridgehead atoms. The number of thiophene rings is 1. The molecule has 0 aliphatic rings. The zero-order chi connectivity index (χ0) is 17.5. The summed E-state index contributed by atoms with van der Waals surface area (Å²) in [6.45, 7) is 1.73. The molecule has 0 radical (unpaired) electrons. The molecule has 5 heteroatoms. The van der Waals surface area contributed by atoms with Crippen molar-refractivity contribution >= 4 is 33.4 Å². The summed E-state index contributed by atoms with van der Waals surface area (Å²) in [7, 11) is 0. The molecule has 0 atom stereocenters. The minimum atomic E-state index is -0.536. The lowest BCUT2D eigenvalue weighted by molar-refractivity contribution is -0.124. The molecular weight excluding hydrogens is 332 g/mol. The van der Waals surface area contributed by atoms with Crippen LogP contribution in [0.25, 0.3) is 16.2 Å². The normalized spacial score (nSPS) is 11.2. The first-order valence-electron chi connectivity index (χ1n) is 8.12. The third kappa shape index (κ3) is 5.00. The monoisotopic (exact) mass is 352 g/mol. The summed E-state index contributed by atoms with van der Waals surface area (Å²) in [5, 5.41) is 15.3. The van der Waals surface area contributed by atoms with Gasteiger partial charge in [-0.1, -0.05) is 36.4 Å². The van der Waals surface area contributed by atoms with E-state index in [4.69, 9.17) is 5.21 Å². The molecule has 1 aromatic heterocycles. The molecule has 0 saturated heterocycles. The lowest BCUT2D eigenvalue weighted by Crippen LogP contribution is -2.16. The van der Waals surface area contributed by atoms with Gasteiger partial charge in [0.1, 0.15) is 0 Å². The zero-order valence-electron chi connectivity index (χ0n) is 13.7. The number of hydrogen-bond acceptors (Lipinski definition) is 4. The van der Waals surface area contributed by atoms with Gasteiger partial charge in [0.2, 0.25) is 0 Å². The van der Waals surface area contributed by atoms with Gasteiger partial charge in [-0.2, -0.15) is 0 Å². The van der Waals surface area contributed by atoms with Crippen molar-refractivity contribution in [1.29, 1.82) is 0 Å². The number of carbonyl (C=O) groups excluding carboxylic acids is 1. The number of rotatable bonds is 7. The maximum atomic E-state index is 10.9. The fourth-order valence-electron chi connectivity index (χ4n) is 2.58. The molecule has 0 fully saturated rings. The van der Waals surface area contributed by atoms with E-state index >= 15 is 0 Å². The quantitative estimate of drug-likeness (QED) is 0.263. The van der Waals surface area contributed by atoms with E-state index in [1.807, 2.05) is 24.3 Å². The lowest BCUT2D eigenvalue weighted by Gasteiger charge is -2.06. The van der Waals surface area contributed by atoms with Gasteiger partial charge in [0.05, 0.1) is 0 Å². The Morgan fingerprint density at radius 3 is 2.68 bits per heavy atom. The molecule has 3 aromatic rings. The Morgan fingerprint density at radius 1 is 1.08 bits per heavy atom. The molecule has 0 aliphatic carbocycles.